The molecule has 5 nitrogen and oxygen atoms in total. The molecule has 132 valence electrons. The van der Waals surface area contributed by atoms with Gasteiger partial charge in [0.15, 0.2) is 0 Å². The highest BCUT2D eigenvalue weighted by Crippen LogP contribution is 2.40. The third kappa shape index (κ3) is 2.98. The van der Waals surface area contributed by atoms with Crippen molar-refractivity contribution in [3.8, 4) is 0 Å². The molecule has 0 unspecified atom stereocenters. The number of amides is 1. The first-order valence-electron chi connectivity index (χ1n) is 9.43. The van der Waals surface area contributed by atoms with Crippen molar-refractivity contribution < 1.29 is 4.79 Å². The fourth-order valence-electron chi connectivity index (χ4n) is 3.64. The number of aromatic nitrogens is 3. The SMILES string of the molecule is O=C(Cn1c(C2CC2)nc2ccccc21)N(Cc1cccnc1)C1CC1. The molecule has 3 aromatic rings. The quantitative estimate of drug-likeness (QED) is 0.686. The number of hydrogen-bond donors (Lipinski definition) is 0. The molecule has 5 rings (SSSR count). The fourth-order valence-corrected chi connectivity index (χ4v) is 3.64. The molecule has 0 radical (unpaired) electrons. The van der Waals surface area contributed by atoms with Gasteiger partial charge in [-0.2, -0.15) is 0 Å². The minimum atomic E-state index is 0.182. The average Bonchev–Trinajstić information content (AvgIpc) is 3.59. The summed E-state index contributed by atoms with van der Waals surface area (Å²) < 4.78 is 2.15. The van der Waals surface area contributed by atoms with Crippen LogP contribution in [0.4, 0.5) is 0 Å². The molecule has 5 heteroatoms. The van der Waals surface area contributed by atoms with E-state index in [0.717, 1.165) is 35.3 Å². The summed E-state index contributed by atoms with van der Waals surface area (Å²) >= 11 is 0. The highest BCUT2D eigenvalue weighted by Gasteiger charge is 2.34. The van der Waals surface area contributed by atoms with Gasteiger partial charge < -0.3 is 9.47 Å². The molecule has 2 aliphatic carbocycles. The summed E-state index contributed by atoms with van der Waals surface area (Å²) in [4.78, 5) is 24.2. The first kappa shape index (κ1) is 15.6. The van der Waals surface area contributed by atoms with Crippen molar-refractivity contribution in [2.45, 2.75) is 50.7 Å². The molecule has 0 aliphatic heterocycles. The number of pyridine rings is 1. The van der Waals surface area contributed by atoms with Crippen LogP contribution in [-0.2, 0) is 17.9 Å². The maximum absolute atomic E-state index is 13.2. The van der Waals surface area contributed by atoms with Gasteiger partial charge in [0.05, 0.1) is 11.0 Å². The predicted molar refractivity (Wildman–Crippen MR) is 99.5 cm³/mol. The van der Waals surface area contributed by atoms with Gasteiger partial charge in [0.1, 0.15) is 12.4 Å². The van der Waals surface area contributed by atoms with Crippen LogP contribution >= 0.6 is 0 Å². The molecule has 0 saturated heterocycles. The lowest BCUT2D eigenvalue weighted by Gasteiger charge is -2.23. The number of nitrogens with zero attached hydrogens (tertiary/aromatic N) is 4. The van der Waals surface area contributed by atoms with Crippen molar-refractivity contribution in [3.63, 3.8) is 0 Å². The lowest BCUT2D eigenvalue weighted by molar-refractivity contribution is -0.133. The second-order valence-electron chi connectivity index (χ2n) is 7.43. The molecule has 26 heavy (non-hydrogen) atoms. The van der Waals surface area contributed by atoms with Gasteiger partial charge in [-0.15, -0.1) is 0 Å². The normalized spacial score (nSPS) is 16.8. The summed E-state index contributed by atoms with van der Waals surface area (Å²) in [6.07, 6.45) is 8.19. The summed E-state index contributed by atoms with van der Waals surface area (Å²) in [5.74, 6) is 1.78. The van der Waals surface area contributed by atoms with Gasteiger partial charge in [0.25, 0.3) is 0 Å². The first-order valence-corrected chi connectivity index (χ1v) is 9.43. The zero-order valence-electron chi connectivity index (χ0n) is 14.7. The van der Waals surface area contributed by atoms with Crippen LogP contribution in [0.3, 0.4) is 0 Å². The Kier molecular flexibility index (Phi) is 3.73. The van der Waals surface area contributed by atoms with Crippen LogP contribution in [0.25, 0.3) is 11.0 Å². The Morgan fingerprint density at radius 1 is 1.12 bits per heavy atom. The van der Waals surface area contributed by atoms with Crippen LogP contribution in [0.2, 0.25) is 0 Å². The van der Waals surface area contributed by atoms with E-state index >= 15 is 0 Å². The maximum atomic E-state index is 13.2. The Morgan fingerprint density at radius 2 is 1.96 bits per heavy atom. The van der Waals surface area contributed by atoms with E-state index in [1.54, 1.807) is 6.20 Å². The van der Waals surface area contributed by atoms with Gasteiger partial charge in [-0.05, 0) is 49.4 Å². The van der Waals surface area contributed by atoms with Gasteiger partial charge in [-0.1, -0.05) is 18.2 Å². The van der Waals surface area contributed by atoms with E-state index in [1.165, 1.54) is 12.8 Å². The Morgan fingerprint density at radius 3 is 2.69 bits per heavy atom. The summed E-state index contributed by atoms with van der Waals surface area (Å²) in [5.41, 5.74) is 3.15. The van der Waals surface area contributed by atoms with E-state index in [2.05, 4.69) is 15.6 Å². The molecule has 2 aliphatic rings. The summed E-state index contributed by atoms with van der Waals surface area (Å²) in [6.45, 7) is 1.02. The Labute approximate surface area is 152 Å². The van der Waals surface area contributed by atoms with Crippen molar-refractivity contribution >= 4 is 16.9 Å². The van der Waals surface area contributed by atoms with Gasteiger partial charge in [0, 0.05) is 30.9 Å². The molecule has 0 spiro atoms. The van der Waals surface area contributed by atoms with Crippen molar-refractivity contribution in [1.82, 2.24) is 19.4 Å². The molecule has 0 bridgehead atoms. The summed E-state index contributed by atoms with van der Waals surface area (Å²) in [7, 11) is 0. The van der Waals surface area contributed by atoms with E-state index in [4.69, 9.17) is 4.98 Å². The summed E-state index contributed by atoms with van der Waals surface area (Å²) in [5, 5.41) is 0. The van der Waals surface area contributed by atoms with E-state index < -0.39 is 0 Å². The highest BCUT2D eigenvalue weighted by atomic mass is 16.2. The molecule has 2 heterocycles. The zero-order valence-corrected chi connectivity index (χ0v) is 14.7. The van der Waals surface area contributed by atoms with Crippen molar-refractivity contribution in [3.05, 3.63) is 60.2 Å². The molecule has 1 aromatic carbocycles. The zero-order chi connectivity index (χ0) is 17.5. The van der Waals surface area contributed by atoms with E-state index in [9.17, 15) is 4.79 Å². The van der Waals surface area contributed by atoms with Gasteiger partial charge >= 0.3 is 0 Å². The monoisotopic (exact) mass is 346 g/mol. The molecule has 1 amide bonds. The molecular formula is C21H22N4O. The Balaban J connectivity index is 1.43. The summed E-state index contributed by atoms with van der Waals surface area (Å²) in [6, 6.07) is 12.5. The van der Waals surface area contributed by atoms with Crippen LogP contribution in [-0.4, -0.2) is 31.4 Å². The number of para-hydroxylation sites is 2. The Hall–Kier alpha value is -2.69. The van der Waals surface area contributed by atoms with E-state index in [-0.39, 0.29) is 5.91 Å². The molecule has 2 saturated carbocycles. The third-order valence-electron chi connectivity index (χ3n) is 5.30. The number of carbonyl (C=O) groups is 1. The maximum Gasteiger partial charge on any atom is 0.243 e. The van der Waals surface area contributed by atoms with Crippen molar-refractivity contribution in [2.75, 3.05) is 0 Å². The Bertz CT molecular complexity index is 941. The largest absolute Gasteiger partial charge is 0.334 e. The van der Waals surface area contributed by atoms with Crippen molar-refractivity contribution in [2.24, 2.45) is 0 Å². The number of benzene rings is 1. The number of imidazole rings is 1. The van der Waals surface area contributed by atoms with Crippen LogP contribution in [0.5, 0.6) is 0 Å². The molecule has 0 N–H and O–H groups in total. The number of rotatable bonds is 6. The standard InChI is InChI=1S/C21H22N4O/c26-20(24(17-9-10-17)13-15-4-3-11-22-12-15)14-25-19-6-2-1-5-18(19)23-21(25)16-7-8-16/h1-6,11-12,16-17H,7-10,13-14H2. The second kappa shape index (κ2) is 6.24. The highest BCUT2D eigenvalue weighted by molar-refractivity contribution is 5.81. The van der Waals surface area contributed by atoms with Gasteiger partial charge in [0.2, 0.25) is 5.91 Å². The minimum absolute atomic E-state index is 0.182. The number of fused-ring (bicyclic) bond motifs is 1. The molecular weight excluding hydrogens is 324 g/mol. The van der Waals surface area contributed by atoms with Crippen LogP contribution in [0.1, 0.15) is 43.0 Å². The second-order valence-corrected chi connectivity index (χ2v) is 7.43. The number of hydrogen-bond acceptors (Lipinski definition) is 3. The average molecular weight is 346 g/mol. The fraction of sp³-hybridized carbons (Fsp3) is 0.381. The third-order valence-corrected chi connectivity index (χ3v) is 5.30. The molecule has 2 aromatic heterocycles. The van der Waals surface area contributed by atoms with Crippen molar-refractivity contribution in [1.29, 1.82) is 0 Å². The number of carbonyl (C=O) groups excluding carboxylic acids is 1. The van der Waals surface area contributed by atoms with Gasteiger partial charge in [-0.25, -0.2) is 4.98 Å². The molecule has 0 atom stereocenters. The lowest BCUT2D eigenvalue weighted by Crippen LogP contribution is -2.35. The molecule has 2 fully saturated rings. The minimum Gasteiger partial charge on any atom is -0.334 e. The predicted octanol–water partition coefficient (Wildman–Crippen LogP) is 3.50. The smallest absolute Gasteiger partial charge is 0.243 e. The van der Waals surface area contributed by atoms with E-state index in [1.807, 2.05) is 41.4 Å². The van der Waals surface area contributed by atoms with Crippen LogP contribution in [0, 0.1) is 0 Å². The van der Waals surface area contributed by atoms with Gasteiger partial charge in [-0.3, -0.25) is 9.78 Å². The van der Waals surface area contributed by atoms with E-state index in [0.29, 0.717) is 25.0 Å². The first-order chi connectivity index (χ1) is 12.8. The lowest BCUT2D eigenvalue weighted by atomic mass is 10.2. The topological polar surface area (TPSA) is 51.0 Å². The van der Waals surface area contributed by atoms with Crippen LogP contribution < -0.4 is 0 Å². The van der Waals surface area contributed by atoms with Crippen LogP contribution in [0.15, 0.2) is 48.8 Å².